The van der Waals surface area contributed by atoms with Gasteiger partial charge in [0.15, 0.2) is 6.61 Å². The predicted molar refractivity (Wildman–Crippen MR) is 103 cm³/mol. The Bertz CT molecular complexity index is 833. The largest absolute Gasteiger partial charge is 0.494 e. The van der Waals surface area contributed by atoms with Crippen LogP contribution in [0, 0.1) is 6.92 Å². The number of hydrogen-bond donors (Lipinski definition) is 1. The van der Waals surface area contributed by atoms with E-state index in [-0.39, 0.29) is 18.4 Å². The van der Waals surface area contributed by atoms with Crippen molar-refractivity contribution in [2.45, 2.75) is 33.4 Å². The van der Waals surface area contributed by atoms with Crippen molar-refractivity contribution in [3.05, 3.63) is 53.6 Å². The van der Waals surface area contributed by atoms with E-state index in [0.717, 1.165) is 16.9 Å². The number of aryl methyl sites for hydroxylation is 1. The molecule has 1 aliphatic rings. The van der Waals surface area contributed by atoms with Crippen molar-refractivity contribution in [1.29, 1.82) is 0 Å². The first-order chi connectivity index (χ1) is 13.0. The molecule has 2 aromatic rings. The molecule has 0 aromatic heterocycles. The zero-order chi connectivity index (χ0) is 19.4. The van der Waals surface area contributed by atoms with Crippen LogP contribution >= 0.6 is 0 Å². The monoisotopic (exact) mass is 368 g/mol. The molecule has 27 heavy (non-hydrogen) atoms. The molecule has 1 aliphatic heterocycles. The molecule has 0 radical (unpaired) electrons. The van der Waals surface area contributed by atoms with Crippen molar-refractivity contribution in [3.63, 3.8) is 0 Å². The van der Waals surface area contributed by atoms with Crippen LogP contribution in [0.3, 0.4) is 0 Å². The quantitative estimate of drug-likeness (QED) is 0.851. The summed E-state index contributed by atoms with van der Waals surface area (Å²) in [6.45, 7) is 6.53. The van der Waals surface area contributed by atoms with Crippen molar-refractivity contribution in [1.82, 2.24) is 5.32 Å². The minimum absolute atomic E-state index is 0.0629. The first-order valence-electron chi connectivity index (χ1n) is 9.04. The van der Waals surface area contributed by atoms with E-state index < -0.39 is 6.04 Å². The maximum absolute atomic E-state index is 12.7. The molecule has 3 rings (SSSR count). The Labute approximate surface area is 159 Å². The number of ether oxygens (including phenoxy) is 2. The Balaban J connectivity index is 1.68. The summed E-state index contributed by atoms with van der Waals surface area (Å²) in [5, 5.41) is 2.90. The number of hydrogen-bond acceptors (Lipinski definition) is 4. The van der Waals surface area contributed by atoms with Crippen molar-refractivity contribution in [2.24, 2.45) is 0 Å². The molecular weight excluding hydrogens is 344 g/mol. The van der Waals surface area contributed by atoms with Gasteiger partial charge in [0, 0.05) is 6.54 Å². The van der Waals surface area contributed by atoms with Gasteiger partial charge in [-0.05, 0) is 56.2 Å². The molecule has 0 fully saturated rings. The van der Waals surface area contributed by atoms with E-state index >= 15 is 0 Å². The third-order valence-corrected chi connectivity index (χ3v) is 4.46. The standard InChI is InChI=1S/C21H24N2O4/c1-4-26-17-8-6-16(7-9-17)12-22-21(25)15(3)23-18-11-14(2)5-10-19(18)27-13-20(23)24/h5-11,15H,4,12-13H2,1-3H3,(H,22,25). The summed E-state index contributed by atoms with van der Waals surface area (Å²) in [7, 11) is 0. The van der Waals surface area contributed by atoms with Crippen LogP contribution in [0.25, 0.3) is 0 Å². The summed E-state index contributed by atoms with van der Waals surface area (Å²) in [6.07, 6.45) is 0. The summed E-state index contributed by atoms with van der Waals surface area (Å²) in [6, 6.07) is 12.5. The Hall–Kier alpha value is -3.02. The van der Waals surface area contributed by atoms with Crippen LogP contribution in [0.1, 0.15) is 25.0 Å². The van der Waals surface area contributed by atoms with Crippen LogP contribution in [-0.4, -0.2) is 31.1 Å². The molecule has 2 aromatic carbocycles. The van der Waals surface area contributed by atoms with E-state index in [1.807, 2.05) is 56.3 Å². The fraction of sp³-hybridized carbons (Fsp3) is 0.333. The normalized spacial score (nSPS) is 14.2. The molecule has 6 nitrogen and oxygen atoms in total. The highest BCUT2D eigenvalue weighted by atomic mass is 16.5. The van der Waals surface area contributed by atoms with Gasteiger partial charge in [0.05, 0.1) is 12.3 Å². The second kappa shape index (κ2) is 8.12. The van der Waals surface area contributed by atoms with Crippen LogP contribution in [0.2, 0.25) is 0 Å². The predicted octanol–water partition coefficient (Wildman–Crippen LogP) is 2.82. The molecule has 142 valence electrons. The maximum atomic E-state index is 12.7. The molecule has 1 atom stereocenters. The fourth-order valence-corrected chi connectivity index (χ4v) is 3.03. The molecular formula is C21H24N2O4. The molecule has 1 N–H and O–H groups in total. The minimum Gasteiger partial charge on any atom is -0.494 e. The van der Waals surface area contributed by atoms with Crippen LogP contribution in [0.4, 0.5) is 5.69 Å². The third kappa shape index (κ3) is 4.22. The van der Waals surface area contributed by atoms with Crippen molar-refractivity contribution < 1.29 is 19.1 Å². The lowest BCUT2D eigenvalue weighted by Crippen LogP contribution is -2.51. The molecule has 1 unspecified atom stereocenters. The zero-order valence-electron chi connectivity index (χ0n) is 15.8. The Morgan fingerprint density at radius 1 is 1.26 bits per heavy atom. The number of benzene rings is 2. The van der Waals surface area contributed by atoms with Gasteiger partial charge in [-0.3, -0.25) is 14.5 Å². The highest BCUT2D eigenvalue weighted by molar-refractivity contribution is 6.03. The van der Waals surface area contributed by atoms with E-state index in [4.69, 9.17) is 9.47 Å². The number of nitrogens with zero attached hydrogens (tertiary/aromatic N) is 1. The highest BCUT2D eigenvalue weighted by Crippen LogP contribution is 2.34. The number of amides is 2. The summed E-state index contributed by atoms with van der Waals surface area (Å²) >= 11 is 0. The van der Waals surface area contributed by atoms with E-state index in [1.165, 1.54) is 4.90 Å². The average molecular weight is 368 g/mol. The SMILES string of the molecule is CCOc1ccc(CNC(=O)C(C)N2C(=O)COc3ccc(C)cc32)cc1. The van der Waals surface area contributed by atoms with Gasteiger partial charge in [-0.2, -0.15) is 0 Å². The first-order valence-corrected chi connectivity index (χ1v) is 9.04. The number of carbonyl (C=O) groups is 2. The Morgan fingerprint density at radius 2 is 2.00 bits per heavy atom. The molecule has 0 saturated carbocycles. The smallest absolute Gasteiger partial charge is 0.265 e. The van der Waals surface area contributed by atoms with Gasteiger partial charge in [0.1, 0.15) is 17.5 Å². The Morgan fingerprint density at radius 3 is 2.70 bits per heavy atom. The maximum Gasteiger partial charge on any atom is 0.265 e. The van der Waals surface area contributed by atoms with Crippen LogP contribution in [0.5, 0.6) is 11.5 Å². The first kappa shape index (κ1) is 18.8. The molecule has 0 spiro atoms. The topological polar surface area (TPSA) is 67.9 Å². The van der Waals surface area contributed by atoms with Crippen LogP contribution in [-0.2, 0) is 16.1 Å². The highest BCUT2D eigenvalue weighted by Gasteiger charge is 2.33. The lowest BCUT2D eigenvalue weighted by atomic mass is 10.1. The van der Waals surface area contributed by atoms with Crippen LogP contribution in [0.15, 0.2) is 42.5 Å². The van der Waals surface area contributed by atoms with Gasteiger partial charge in [-0.1, -0.05) is 18.2 Å². The summed E-state index contributed by atoms with van der Waals surface area (Å²) in [4.78, 5) is 26.6. The van der Waals surface area contributed by atoms with Gasteiger partial charge >= 0.3 is 0 Å². The Kier molecular flexibility index (Phi) is 5.64. The molecule has 2 amide bonds. The zero-order valence-corrected chi connectivity index (χ0v) is 15.8. The number of fused-ring (bicyclic) bond motifs is 1. The molecule has 0 aliphatic carbocycles. The van der Waals surface area contributed by atoms with Crippen LogP contribution < -0.4 is 19.7 Å². The van der Waals surface area contributed by atoms with Gasteiger partial charge in [-0.15, -0.1) is 0 Å². The number of rotatable bonds is 6. The number of anilines is 1. The number of nitrogens with one attached hydrogen (secondary N) is 1. The van der Waals surface area contributed by atoms with Gasteiger partial charge < -0.3 is 14.8 Å². The molecule has 0 bridgehead atoms. The second-order valence-electron chi connectivity index (χ2n) is 6.49. The van der Waals surface area contributed by atoms with Crippen molar-refractivity contribution >= 4 is 17.5 Å². The summed E-state index contributed by atoms with van der Waals surface area (Å²) in [5.74, 6) is 0.974. The van der Waals surface area contributed by atoms with E-state index in [2.05, 4.69) is 5.32 Å². The van der Waals surface area contributed by atoms with E-state index in [1.54, 1.807) is 6.92 Å². The molecule has 6 heteroatoms. The minimum atomic E-state index is -0.635. The van der Waals surface area contributed by atoms with Crippen molar-refractivity contribution in [2.75, 3.05) is 18.1 Å². The molecule has 0 saturated heterocycles. The lowest BCUT2D eigenvalue weighted by Gasteiger charge is -2.33. The van der Waals surface area contributed by atoms with E-state index in [9.17, 15) is 9.59 Å². The van der Waals surface area contributed by atoms with Gasteiger partial charge in [-0.25, -0.2) is 0 Å². The van der Waals surface area contributed by atoms with Gasteiger partial charge in [0.25, 0.3) is 5.91 Å². The van der Waals surface area contributed by atoms with Gasteiger partial charge in [0.2, 0.25) is 5.91 Å². The summed E-state index contributed by atoms with van der Waals surface area (Å²) < 4.78 is 10.9. The summed E-state index contributed by atoms with van der Waals surface area (Å²) in [5.41, 5.74) is 2.59. The lowest BCUT2D eigenvalue weighted by molar-refractivity contribution is -0.127. The van der Waals surface area contributed by atoms with E-state index in [0.29, 0.717) is 24.6 Å². The third-order valence-electron chi connectivity index (χ3n) is 4.46. The molecule has 1 heterocycles. The fourth-order valence-electron chi connectivity index (χ4n) is 3.03. The van der Waals surface area contributed by atoms with Crippen molar-refractivity contribution in [3.8, 4) is 11.5 Å². The number of carbonyl (C=O) groups excluding carboxylic acids is 2. The average Bonchev–Trinajstić information content (AvgIpc) is 2.66. The second-order valence-corrected chi connectivity index (χ2v) is 6.49.